The highest BCUT2D eigenvalue weighted by Crippen LogP contribution is 2.27. The summed E-state index contributed by atoms with van der Waals surface area (Å²) in [5.41, 5.74) is 3.22. The van der Waals surface area contributed by atoms with Crippen LogP contribution in [0, 0.1) is 5.21 Å². The van der Waals surface area contributed by atoms with E-state index in [4.69, 9.17) is 4.52 Å². The minimum absolute atomic E-state index is 0.0828. The van der Waals surface area contributed by atoms with Gasteiger partial charge in [-0.3, -0.25) is 10.1 Å². The fraction of sp³-hybridized carbons (Fsp3) is 0.211. The van der Waals surface area contributed by atoms with Crippen molar-refractivity contribution in [3.63, 3.8) is 0 Å². The van der Waals surface area contributed by atoms with E-state index >= 15 is 0 Å². The second-order valence-corrected chi connectivity index (χ2v) is 6.80. The fourth-order valence-corrected chi connectivity index (χ4v) is 2.36. The van der Waals surface area contributed by atoms with Crippen LogP contribution in [-0.2, 0) is 5.41 Å². The number of nitrogens with zero attached hydrogens (tertiary/aromatic N) is 2. The summed E-state index contributed by atoms with van der Waals surface area (Å²) in [6.45, 7) is 6.47. The third-order valence-corrected chi connectivity index (χ3v) is 3.86. The van der Waals surface area contributed by atoms with Crippen LogP contribution < -0.4 is 10.0 Å². The molecule has 6 heteroatoms. The van der Waals surface area contributed by atoms with Gasteiger partial charge in [0.15, 0.2) is 12.4 Å². The summed E-state index contributed by atoms with van der Waals surface area (Å²) in [4.78, 5) is 12.1. The zero-order valence-electron chi connectivity index (χ0n) is 14.3. The van der Waals surface area contributed by atoms with Gasteiger partial charge >= 0.3 is 0 Å². The Hall–Kier alpha value is -3.15. The smallest absolute Gasteiger partial charge is 0.258 e. The number of benzene rings is 1. The van der Waals surface area contributed by atoms with Gasteiger partial charge in [0, 0.05) is 23.8 Å². The monoisotopic (exact) mass is 337 g/mol. The normalized spacial score (nSPS) is 11.3. The minimum atomic E-state index is -0.369. The summed E-state index contributed by atoms with van der Waals surface area (Å²) < 4.78 is 5.80. The van der Waals surface area contributed by atoms with Crippen LogP contribution in [0.25, 0.3) is 11.3 Å². The van der Waals surface area contributed by atoms with Gasteiger partial charge in [0.25, 0.3) is 5.91 Å². The molecule has 0 radical (unpaired) electrons. The number of pyridine rings is 1. The number of aromatic nitrogens is 2. The molecule has 3 aromatic rings. The van der Waals surface area contributed by atoms with E-state index < -0.39 is 0 Å². The molecule has 1 N–H and O–H groups in total. The summed E-state index contributed by atoms with van der Waals surface area (Å²) in [7, 11) is 0. The molecule has 1 aromatic carbocycles. The molecule has 0 aliphatic carbocycles. The number of amides is 1. The van der Waals surface area contributed by atoms with Crippen LogP contribution in [0.15, 0.2) is 59.4 Å². The van der Waals surface area contributed by atoms with E-state index in [1.807, 2.05) is 12.1 Å². The first-order valence-corrected chi connectivity index (χ1v) is 7.91. The van der Waals surface area contributed by atoms with E-state index in [0.29, 0.717) is 16.0 Å². The topological polar surface area (TPSA) is 82.1 Å². The van der Waals surface area contributed by atoms with Crippen LogP contribution in [0.2, 0.25) is 0 Å². The lowest BCUT2D eigenvalue weighted by Gasteiger charge is -2.18. The van der Waals surface area contributed by atoms with Gasteiger partial charge < -0.3 is 9.73 Å². The highest BCUT2D eigenvalue weighted by molar-refractivity contribution is 6.03. The number of anilines is 1. The average molecular weight is 337 g/mol. The molecule has 0 atom stereocenters. The van der Waals surface area contributed by atoms with Gasteiger partial charge in [-0.15, -0.1) is 0 Å². The maximum Gasteiger partial charge on any atom is 0.258 e. The number of hydrogen-bond donors (Lipinski definition) is 1. The largest absolute Gasteiger partial charge is 0.619 e. The number of hydrogen-bond acceptors (Lipinski definition) is 4. The highest BCUT2D eigenvalue weighted by atomic mass is 16.5. The Balaban J connectivity index is 1.74. The van der Waals surface area contributed by atoms with Crippen molar-refractivity contribution in [3.05, 3.63) is 71.2 Å². The molecule has 0 spiro atoms. The van der Waals surface area contributed by atoms with Crippen molar-refractivity contribution in [2.75, 3.05) is 5.32 Å². The van der Waals surface area contributed by atoms with Crippen LogP contribution in [-0.4, -0.2) is 11.1 Å². The van der Waals surface area contributed by atoms with Gasteiger partial charge in [-0.2, -0.15) is 4.73 Å². The molecule has 128 valence electrons. The van der Waals surface area contributed by atoms with Crippen LogP contribution in [0.3, 0.4) is 0 Å². The first-order valence-electron chi connectivity index (χ1n) is 7.91. The third kappa shape index (κ3) is 3.85. The molecular formula is C19H19N3O3. The maximum atomic E-state index is 12.1. The van der Waals surface area contributed by atoms with Gasteiger partial charge in [0.1, 0.15) is 5.69 Å². The second kappa shape index (κ2) is 6.39. The molecule has 0 saturated heterocycles. The summed E-state index contributed by atoms with van der Waals surface area (Å²) >= 11 is 0. The van der Waals surface area contributed by atoms with E-state index in [0.717, 1.165) is 5.56 Å². The van der Waals surface area contributed by atoms with E-state index in [-0.39, 0.29) is 17.2 Å². The van der Waals surface area contributed by atoms with E-state index in [2.05, 4.69) is 43.4 Å². The molecule has 2 aromatic heterocycles. The first kappa shape index (κ1) is 16.7. The summed E-state index contributed by atoms with van der Waals surface area (Å²) in [6.07, 6.45) is 2.52. The van der Waals surface area contributed by atoms with Crippen LogP contribution >= 0.6 is 0 Å². The standard InChI is InChI=1S/C19H19N3O3/c1-19(2,3)15-6-4-13(5-7-15)16-12-17(25-21-16)20-18(23)14-8-10-22(24)11-9-14/h4-12H,1-3H3,(H,20,23). The van der Waals surface area contributed by atoms with Crippen molar-refractivity contribution < 1.29 is 14.0 Å². The second-order valence-electron chi connectivity index (χ2n) is 6.80. The van der Waals surface area contributed by atoms with Crippen molar-refractivity contribution in [2.24, 2.45) is 0 Å². The van der Waals surface area contributed by atoms with Gasteiger partial charge in [-0.25, -0.2) is 0 Å². The third-order valence-electron chi connectivity index (χ3n) is 3.86. The van der Waals surface area contributed by atoms with Crippen molar-refractivity contribution in [1.82, 2.24) is 5.16 Å². The SMILES string of the molecule is CC(C)(C)c1ccc(-c2cc(NC(=O)c3cc[n+]([O-])cc3)on2)cc1. The van der Waals surface area contributed by atoms with E-state index in [1.165, 1.54) is 30.1 Å². The molecule has 0 bridgehead atoms. The summed E-state index contributed by atoms with van der Waals surface area (Å²) in [5.74, 6) is -0.120. The van der Waals surface area contributed by atoms with Crippen LogP contribution in [0.5, 0.6) is 0 Å². The van der Waals surface area contributed by atoms with Gasteiger partial charge in [0.2, 0.25) is 5.88 Å². The average Bonchev–Trinajstić information content (AvgIpc) is 3.03. The van der Waals surface area contributed by atoms with Gasteiger partial charge in [0.05, 0.1) is 5.56 Å². The number of nitrogens with one attached hydrogen (secondary N) is 1. The molecule has 0 saturated carbocycles. The Kier molecular flexibility index (Phi) is 4.27. The van der Waals surface area contributed by atoms with Crippen LogP contribution in [0.1, 0.15) is 36.7 Å². The lowest BCUT2D eigenvalue weighted by atomic mass is 9.86. The molecule has 3 rings (SSSR count). The maximum absolute atomic E-state index is 12.1. The molecule has 2 heterocycles. The molecule has 25 heavy (non-hydrogen) atoms. The molecule has 0 unspecified atom stereocenters. The van der Waals surface area contributed by atoms with Crippen molar-refractivity contribution in [2.45, 2.75) is 26.2 Å². The number of rotatable bonds is 3. The Labute approximate surface area is 145 Å². The van der Waals surface area contributed by atoms with Crippen LogP contribution in [0.4, 0.5) is 5.88 Å². The van der Waals surface area contributed by atoms with E-state index in [9.17, 15) is 10.0 Å². The Morgan fingerprint density at radius 1 is 1.12 bits per heavy atom. The first-order chi connectivity index (χ1) is 11.8. The lowest BCUT2D eigenvalue weighted by Crippen LogP contribution is -2.25. The summed E-state index contributed by atoms with van der Waals surface area (Å²) in [5, 5.41) is 17.6. The molecule has 0 aliphatic rings. The fourth-order valence-electron chi connectivity index (χ4n) is 2.36. The molecule has 6 nitrogen and oxygen atoms in total. The quantitative estimate of drug-likeness (QED) is 0.585. The highest BCUT2D eigenvalue weighted by Gasteiger charge is 2.15. The lowest BCUT2D eigenvalue weighted by molar-refractivity contribution is -0.605. The van der Waals surface area contributed by atoms with Gasteiger partial charge in [-0.05, 0) is 11.0 Å². The molecule has 0 aliphatic heterocycles. The van der Waals surface area contributed by atoms with Crippen molar-refractivity contribution >= 4 is 11.8 Å². The van der Waals surface area contributed by atoms with Gasteiger partial charge in [-0.1, -0.05) is 50.2 Å². The van der Waals surface area contributed by atoms with E-state index in [1.54, 1.807) is 6.07 Å². The number of carbonyl (C=O) groups excluding carboxylic acids is 1. The molecule has 0 fully saturated rings. The predicted molar refractivity (Wildman–Crippen MR) is 94.0 cm³/mol. The zero-order chi connectivity index (χ0) is 18.0. The van der Waals surface area contributed by atoms with Crippen molar-refractivity contribution in [3.8, 4) is 11.3 Å². The zero-order valence-corrected chi connectivity index (χ0v) is 14.3. The molecular weight excluding hydrogens is 318 g/mol. The van der Waals surface area contributed by atoms with Crippen molar-refractivity contribution in [1.29, 1.82) is 0 Å². The minimum Gasteiger partial charge on any atom is -0.619 e. The Morgan fingerprint density at radius 3 is 2.36 bits per heavy atom. The number of carbonyl (C=O) groups is 1. The Bertz CT molecular complexity index is 876. The predicted octanol–water partition coefficient (Wildman–Crippen LogP) is 3.52. The summed E-state index contributed by atoms with van der Waals surface area (Å²) in [6, 6.07) is 12.6. The molecule has 1 amide bonds. The Morgan fingerprint density at radius 2 is 1.76 bits per heavy atom.